The number of nitrogens with one attached hydrogen (secondary N) is 1. The summed E-state index contributed by atoms with van der Waals surface area (Å²) in [5, 5.41) is 10.6. The van der Waals surface area contributed by atoms with E-state index >= 15 is 0 Å². The summed E-state index contributed by atoms with van der Waals surface area (Å²) in [4.78, 5) is 21.5. The average molecular weight is 520 g/mol. The summed E-state index contributed by atoms with van der Waals surface area (Å²) < 4.78 is 29.5. The zero-order chi connectivity index (χ0) is 24.5. The fraction of sp³-hybridized carbons (Fsp3) is 0.136. The SMILES string of the molecule is CN(CCNS(=O)(=O)c1cccc(C(=O)O)c1)c1cc(-n2ccnc2)c2ccc(Cl)c(Cl)c2n1. The molecule has 34 heavy (non-hydrogen) atoms. The number of carboxylic acids is 1. The fourth-order valence-corrected chi connectivity index (χ4v) is 4.78. The Labute approximate surface area is 205 Å². The lowest BCUT2D eigenvalue weighted by molar-refractivity contribution is 0.0696. The second kappa shape index (κ2) is 9.59. The highest BCUT2D eigenvalue weighted by Gasteiger charge is 2.18. The lowest BCUT2D eigenvalue weighted by Gasteiger charge is -2.21. The molecule has 0 saturated heterocycles. The van der Waals surface area contributed by atoms with Crippen LogP contribution in [0, 0.1) is 0 Å². The summed E-state index contributed by atoms with van der Waals surface area (Å²) in [6, 6.07) is 10.5. The number of carboxylic acid groups (broad SMARTS) is 1. The van der Waals surface area contributed by atoms with Crippen molar-refractivity contribution in [1.29, 1.82) is 0 Å². The molecule has 2 N–H and O–H groups in total. The minimum atomic E-state index is -3.90. The van der Waals surface area contributed by atoms with Crippen molar-refractivity contribution in [3.63, 3.8) is 0 Å². The van der Waals surface area contributed by atoms with Crippen LogP contribution < -0.4 is 9.62 Å². The maximum atomic E-state index is 12.6. The van der Waals surface area contributed by atoms with Gasteiger partial charge in [0.25, 0.3) is 0 Å². The van der Waals surface area contributed by atoms with Crippen molar-refractivity contribution in [1.82, 2.24) is 19.3 Å². The van der Waals surface area contributed by atoms with Crippen molar-refractivity contribution >= 4 is 55.9 Å². The largest absolute Gasteiger partial charge is 0.478 e. The van der Waals surface area contributed by atoms with E-state index in [2.05, 4.69) is 14.7 Å². The first-order valence-electron chi connectivity index (χ1n) is 9.98. The molecule has 0 unspecified atom stereocenters. The van der Waals surface area contributed by atoms with E-state index in [1.807, 2.05) is 16.7 Å². The maximum Gasteiger partial charge on any atom is 0.335 e. The molecule has 0 aliphatic heterocycles. The smallest absolute Gasteiger partial charge is 0.335 e. The Balaban J connectivity index is 1.58. The number of carbonyl (C=O) groups is 1. The lowest BCUT2D eigenvalue weighted by atomic mass is 10.1. The minimum Gasteiger partial charge on any atom is -0.478 e. The highest BCUT2D eigenvalue weighted by atomic mass is 35.5. The number of halogens is 2. The minimum absolute atomic E-state index is 0.0551. The first-order chi connectivity index (χ1) is 16.2. The Morgan fingerprint density at radius 3 is 2.71 bits per heavy atom. The van der Waals surface area contributed by atoms with E-state index in [9.17, 15) is 13.2 Å². The predicted octanol–water partition coefficient (Wildman–Crippen LogP) is 3.84. The normalized spacial score (nSPS) is 11.6. The van der Waals surface area contributed by atoms with Crippen LogP contribution in [0.3, 0.4) is 0 Å². The van der Waals surface area contributed by atoms with Crippen molar-refractivity contribution in [2.45, 2.75) is 4.90 Å². The number of nitrogens with zero attached hydrogens (tertiary/aromatic N) is 4. The molecule has 0 amide bonds. The zero-order valence-electron chi connectivity index (χ0n) is 17.8. The third kappa shape index (κ3) is 4.85. The number of sulfonamides is 1. The van der Waals surface area contributed by atoms with Gasteiger partial charge in [-0.15, -0.1) is 0 Å². The molecule has 2 aromatic carbocycles. The van der Waals surface area contributed by atoms with Gasteiger partial charge in [-0.1, -0.05) is 29.3 Å². The summed E-state index contributed by atoms with van der Waals surface area (Å²) >= 11 is 12.6. The second-order valence-corrected chi connectivity index (χ2v) is 9.93. The molecule has 12 heteroatoms. The van der Waals surface area contributed by atoms with Gasteiger partial charge in [-0.25, -0.2) is 27.9 Å². The van der Waals surface area contributed by atoms with E-state index in [1.54, 1.807) is 36.7 Å². The third-order valence-corrected chi connectivity index (χ3v) is 7.39. The Hall–Kier alpha value is -3.18. The molecule has 0 saturated carbocycles. The molecule has 2 heterocycles. The van der Waals surface area contributed by atoms with Gasteiger partial charge in [0, 0.05) is 44.0 Å². The van der Waals surface area contributed by atoms with Crippen LogP contribution in [0.5, 0.6) is 0 Å². The summed E-state index contributed by atoms with van der Waals surface area (Å²) in [5.41, 5.74) is 1.19. The third-order valence-electron chi connectivity index (χ3n) is 5.14. The zero-order valence-corrected chi connectivity index (χ0v) is 20.1. The number of aromatic carboxylic acids is 1. The van der Waals surface area contributed by atoms with Crippen molar-refractivity contribution < 1.29 is 18.3 Å². The van der Waals surface area contributed by atoms with Crippen molar-refractivity contribution in [3.8, 4) is 5.69 Å². The molecule has 4 rings (SSSR count). The standard InChI is InChI=1S/C22H19Cl2N5O4S/c1-28(9-8-26-34(32,33)15-4-2-3-14(11-15)22(30)31)19-12-18(29-10-7-25-13-29)16-5-6-17(23)20(24)21(16)27-19/h2-7,10-13,26H,8-9H2,1H3,(H,30,31). The maximum absolute atomic E-state index is 12.6. The number of imidazole rings is 1. The quantitative estimate of drug-likeness (QED) is 0.363. The molecule has 176 valence electrons. The van der Waals surface area contributed by atoms with Gasteiger partial charge >= 0.3 is 5.97 Å². The molecule has 0 bridgehead atoms. The Bertz CT molecular complexity index is 1480. The molecule has 0 radical (unpaired) electrons. The number of likely N-dealkylation sites (N-methyl/N-ethyl adjacent to an activating group) is 1. The van der Waals surface area contributed by atoms with E-state index in [0.717, 1.165) is 17.1 Å². The van der Waals surface area contributed by atoms with Crippen LogP contribution in [-0.4, -0.2) is 54.2 Å². The van der Waals surface area contributed by atoms with Crippen LogP contribution in [-0.2, 0) is 10.0 Å². The fourth-order valence-electron chi connectivity index (χ4n) is 3.36. The molecule has 4 aromatic rings. The van der Waals surface area contributed by atoms with Gasteiger partial charge in [0.15, 0.2) is 0 Å². The van der Waals surface area contributed by atoms with Crippen molar-refractivity contribution in [2.24, 2.45) is 0 Å². The van der Waals surface area contributed by atoms with Crippen molar-refractivity contribution in [3.05, 3.63) is 76.8 Å². The monoisotopic (exact) mass is 519 g/mol. The number of fused-ring (bicyclic) bond motifs is 1. The summed E-state index contributed by atoms with van der Waals surface area (Å²) in [5.74, 6) is -0.654. The van der Waals surface area contributed by atoms with E-state index in [4.69, 9.17) is 28.3 Å². The van der Waals surface area contributed by atoms with Gasteiger partial charge in [0.2, 0.25) is 10.0 Å². The number of hydrogen-bond acceptors (Lipinski definition) is 6. The number of anilines is 1. The van der Waals surface area contributed by atoms with Crippen LogP contribution >= 0.6 is 23.2 Å². The van der Waals surface area contributed by atoms with Crippen LogP contribution in [0.15, 0.2) is 66.1 Å². The van der Waals surface area contributed by atoms with E-state index in [-0.39, 0.29) is 23.5 Å². The van der Waals surface area contributed by atoms with Crippen LogP contribution in [0.4, 0.5) is 5.82 Å². The molecule has 0 aliphatic carbocycles. The number of benzene rings is 2. The number of rotatable bonds is 8. The molecule has 0 atom stereocenters. The van der Waals surface area contributed by atoms with Crippen LogP contribution in [0.25, 0.3) is 16.6 Å². The van der Waals surface area contributed by atoms with Gasteiger partial charge in [0.05, 0.1) is 38.0 Å². The molecular weight excluding hydrogens is 501 g/mol. The molecule has 2 aromatic heterocycles. The first-order valence-corrected chi connectivity index (χ1v) is 12.2. The molecule has 9 nitrogen and oxygen atoms in total. The van der Waals surface area contributed by atoms with Crippen LogP contribution in [0.2, 0.25) is 10.0 Å². The topological polar surface area (TPSA) is 117 Å². The number of pyridine rings is 1. The Kier molecular flexibility index (Phi) is 6.76. The number of hydrogen-bond donors (Lipinski definition) is 2. The van der Waals surface area contributed by atoms with Gasteiger partial charge in [-0.05, 0) is 30.3 Å². The van der Waals surface area contributed by atoms with E-state index in [1.165, 1.54) is 18.2 Å². The molecule has 0 fully saturated rings. The van der Waals surface area contributed by atoms with Crippen molar-refractivity contribution in [2.75, 3.05) is 25.0 Å². The van der Waals surface area contributed by atoms with Gasteiger partial charge in [-0.2, -0.15) is 0 Å². The van der Waals surface area contributed by atoms with Gasteiger partial charge in [-0.3, -0.25) is 0 Å². The first kappa shape index (κ1) is 24.0. The predicted molar refractivity (Wildman–Crippen MR) is 131 cm³/mol. The molecule has 0 spiro atoms. The highest BCUT2D eigenvalue weighted by molar-refractivity contribution is 7.89. The highest BCUT2D eigenvalue weighted by Crippen LogP contribution is 2.34. The molecular formula is C22H19Cl2N5O4S. The summed E-state index contributed by atoms with van der Waals surface area (Å²) in [6.07, 6.45) is 5.10. The van der Waals surface area contributed by atoms with E-state index in [0.29, 0.717) is 21.4 Å². The Morgan fingerprint density at radius 2 is 2.00 bits per heavy atom. The van der Waals surface area contributed by atoms with Gasteiger partial charge < -0.3 is 14.6 Å². The summed E-state index contributed by atoms with van der Waals surface area (Å²) in [7, 11) is -2.13. The van der Waals surface area contributed by atoms with Crippen LogP contribution in [0.1, 0.15) is 10.4 Å². The summed E-state index contributed by atoms with van der Waals surface area (Å²) in [6.45, 7) is 0.331. The lowest BCUT2D eigenvalue weighted by Crippen LogP contribution is -2.33. The Morgan fingerprint density at radius 1 is 1.21 bits per heavy atom. The molecule has 0 aliphatic rings. The van der Waals surface area contributed by atoms with Gasteiger partial charge in [0.1, 0.15) is 5.82 Å². The second-order valence-electron chi connectivity index (χ2n) is 7.38. The number of aromatic nitrogens is 3. The van der Waals surface area contributed by atoms with E-state index < -0.39 is 16.0 Å². The average Bonchev–Trinajstić information content (AvgIpc) is 3.35.